The highest BCUT2D eigenvalue weighted by molar-refractivity contribution is 6.32. The molecule has 0 aliphatic rings. The minimum atomic E-state index is -5.34. The smallest absolute Gasteiger partial charge is 0.282 e. The van der Waals surface area contributed by atoms with Crippen molar-refractivity contribution in [1.29, 1.82) is 0 Å². The minimum Gasteiger partial charge on any atom is -0.282 e. The third-order valence-electron chi connectivity index (χ3n) is 3.48. The van der Waals surface area contributed by atoms with Gasteiger partial charge in [-0.2, -0.15) is 31.4 Å². The topological polar surface area (TPSA) is 47.8 Å². The van der Waals surface area contributed by atoms with E-state index in [1.807, 2.05) is 0 Å². The molecule has 0 aliphatic heterocycles. The lowest BCUT2D eigenvalue weighted by molar-refractivity contribution is -0.137. The first kappa shape index (κ1) is 19.1. The molecular weight excluding hydrogens is 407 g/mol. The number of hydrogen-bond donors (Lipinski definition) is 0. The van der Waals surface area contributed by atoms with Crippen LogP contribution < -0.4 is 0 Å². The third-order valence-corrected chi connectivity index (χ3v) is 3.76. The molecule has 3 rings (SSSR count). The molecule has 0 atom stereocenters. The molecule has 0 N–H and O–H groups in total. The van der Waals surface area contributed by atoms with Gasteiger partial charge in [-0.25, -0.2) is 14.1 Å². The second-order valence-electron chi connectivity index (χ2n) is 5.25. The van der Waals surface area contributed by atoms with Gasteiger partial charge in [0.2, 0.25) is 0 Å². The first-order valence-corrected chi connectivity index (χ1v) is 7.31. The van der Waals surface area contributed by atoms with Crippen molar-refractivity contribution in [2.75, 3.05) is 0 Å². The van der Waals surface area contributed by atoms with Crippen LogP contribution in [0.1, 0.15) is 16.1 Å². The highest BCUT2D eigenvalue weighted by Crippen LogP contribution is 2.34. The van der Waals surface area contributed by atoms with Crippen molar-refractivity contribution < 1.29 is 35.5 Å². The molecule has 1 aromatic carbocycles. The SMILES string of the molecule is O=C(c1nn(-c2ncc(C(F)(F)F)cc2Cl)c2cccc(F)c12)C(F)(F)F. The first-order chi connectivity index (χ1) is 12.4. The summed E-state index contributed by atoms with van der Waals surface area (Å²) in [5.41, 5.74) is -2.78. The van der Waals surface area contributed by atoms with Gasteiger partial charge < -0.3 is 0 Å². The number of carbonyl (C=O) groups is 1. The molecule has 0 aliphatic carbocycles. The van der Waals surface area contributed by atoms with Crippen LogP contribution in [-0.4, -0.2) is 26.7 Å². The summed E-state index contributed by atoms with van der Waals surface area (Å²) < 4.78 is 91.1. The lowest BCUT2D eigenvalue weighted by atomic mass is 10.1. The third kappa shape index (κ3) is 3.34. The van der Waals surface area contributed by atoms with E-state index >= 15 is 0 Å². The molecule has 2 aromatic heterocycles. The van der Waals surface area contributed by atoms with Crippen molar-refractivity contribution in [2.45, 2.75) is 12.4 Å². The number of hydrogen-bond acceptors (Lipinski definition) is 3. The zero-order chi connectivity index (χ0) is 20.1. The quantitative estimate of drug-likeness (QED) is 0.441. The molecule has 0 amide bonds. The molecule has 3 aromatic rings. The van der Waals surface area contributed by atoms with Gasteiger partial charge in [0.1, 0.15) is 11.5 Å². The predicted molar refractivity (Wildman–Crippen MR) is 79.2 cm³/mol. The first-order valence-electron chi connectivity index (χ1n) is 6.93. The van der Waals surface area contributed by atoms with Crippen LogP contribution >= 0.6 is 11.6 Å². The molecule has 0 bridgehead atoms. The van der Waals surface area contributed by atoms with E-state index < -0.39 is 51.4 Å². The van der Waals surface area contributed by atoms with E-state index in [1.165, 1.54) is 0 Å². The van der Waals surface area contributed by atoms with Crippen molar-refractivity contribution in [2.24, 2.45) is 0 Å². The second kappa shape index (κ2) is 6.19. The standard InChI is InChI=1S/C15H5ClF7N3O/c16-7-4-6(14(18,19)20)5-24-13(7)26-9-3-1-2-8(17)10(9)11(25-26)12(27)15(21,22)23/h1-5H. The fourth-order valence-corrected chi connectivity index (χ4v) is 2.57. The van der Waals surface area contributed by atoms with Gasteiger partial charge in [0.15, 0.2) is 5.82 Å². The van der Waals surface area contributed by atoms with Gasteiger partial charge in [0.25, 0.3) is 5.78 Å². The molecule has 27 heavy (non-hydrogen) atoms. The summed E-state index contributed by atoms with van der Waals surface area (Å²) in [6.07, 6.45) is -9.71. The highest BCUT2D eigenvalue weighted by Gasteiger charge is 2.43. The van der Waals surface area contributed by atoms with Gasteiger partial charge in [0, 0.05) is 6.20 Å². The van der Waals surface area contributed by atoms with Gasteiger partial charge in [-0.05, 0) is 18.2 Å². The number of ketones is 1. The Morgan fingerprint density at radius 3 is 2.33 bits per heavy atom. The van der Waals surface area contributed by atoms with Gasteiger partial charge in [-0.15, -0.1) is 0 Å². The van der Waals surface area contributed by atoms with Crippen LogP contribution in [0.15, 0.2) is 30.5 Å². The zero-order valence-electron chi connectivity index (χ0n) is 12.7. The number of rotatable bonds is 2. The van der Waals surface area contributed by atoms with Gasteiger partial charge >= 0.3 is 12.4 Å². The number of halogens is 8. The highest BCUT2D eigenvalue weighted by atomic mass is 35.5. The van der Waals surface area contributed by atoms with Crippen LogP contribution in [0.25, 0.3) is 16.7 Å². The molecule has 0 radical (unpaired) electrons. The maximum atomic E-state index is 14.1. The van der Waals surface area contributed by atoms with Crippen LogP contribution in [0, 0.1) is 5.82 Å². The summed E-state index contributed by atoms with van der Waals surface area (Å²) in [5, 5.41) is 2.06. The number of pyridine rings is 1. The Hall–Kier alpha value is -2.69. The monoisotopic (exact) mass is 411 g/mol. The summed E-state index contributed by atoms with van der Waals surface area (Å²) in [6, 6.07) is 3.54. The minimum absolute atomic E-state index is 0.322. The Kier molecular flexibility index (Phi) is 4.37. The van der Waals surface area contributed by atoms with Crippen LogP contribution in [0.5, 0.6) is 0 Å². The van der Waals surface area contributed by atoms with Gasteiger partial charge in [-0.1, -0.05) is 17.7 Å². The summed E-state index contributed by atoms with van der Waals surface area (Å²) in [5.74, 6) is -4.09. The molecule has 2 heterocycles. The van der Waals surface area contributed by atoms with Crippen LogP contribution in [0.3, 0.4) is 0 Å². The van der Waals surface area contributed by atoms with E-state index in [9.17, 15) is 35.5 Å². The lowest BCUT2D eigenvalue weighted by Crippen LogP contribution is -2.23. The Labute approximate surface area is 150 Å². The number of Topliss-reactive ketones (excluding diaryl/α,β-unsaturated/α-hetero) is 1. The van der Waals surface area contributed by atoms with E-state index in [0.29, 0.717) is 16.9 Å². The normalized spacial score (nSPS) is 12.6. The fourth-order valence-electron chi connectivity index (χ4n) is 2.32. The second-order valence-corrected chi connectivity index (χ2v) is 5.66. The fraction of sp³-hybridized carbons (Fsp3) is 0.133. The summed E-state index contributed by atoms with van der Waals surface area (Å²) in [7, 11) is 0. The number of fused-ring (bicyclic) bond motifs is 1. The van der Waals surface area contributed by atoms with Crippen LogP contribution in [0.4, 0.5) is 30.7 Å². The molecule has 0 spiro atoms. The summed E-state index contributed by atoms with van der Waals surface area (Å²) >= 11 is 5.76. The predicted octanol–water partition coefficient (Wildman–Crippen LogP) is 4.98. The Balaban J connectivity index is 2.28. The van der Waals surface area contributed by atoms with Gasteiger partial charge in [-0.3, -0.25) is 4.79 Å². The van der Waals surface area contributed by atoms with E-state index in [4.69, 9.17) is 11.6 Å². The summed E-state index contributed by atoms with van der Waals surface area (Å²) in [6.45, 7) is 0. The van der Waals surface area contributed by atoms with Crippen molar-refractivity contribution in [3.8, 4) is 5.82 Å². The summed E-state index contributed by atoms with van der Waals surface area (Å²) in [4.78, 5) is 15.0. The number of aromatic nitrogens is 3. The molecule has 0 saturated heterocycles. The number of alkyl halides is 6. The number of benzene rings is 1. The van der Waals surface area contributed by atoms with Crippen LogP contribution in [-0.2, 0) is 6.18 Å². The van der Waals surface area contributed by atoms with E-state index in [1.54, 1.807) is 0 Å². The van der Waals surface area contributed by atoms with E-state index in [0.717, 1.165) is 18.2 Å². The van der Waals surface area contributed by atoms with Crippen molar-refractivity contribution in [3.05, 3.63) is 52.6 Å². The van der Waals surface area contributed by atoms with Crippen molar-refractivity contribution in [1.82, 2.24) is 14.8 Å². The molecule has 0 fully saturated rings. The maximum absolute atomic E-state index is 14.1. The lowest BCUT2D eigenvalue weighted by Gasteiger charge is -2.09. The molecule has 4 nitrogen and oxygen atoms in total. The molecule has 12 heteroatoms. The number of nitrogens with zero attached hydrogens (tertiary/aromatic N) is 3. The van der Waals surface area contributed by atoms with Crippen LogP contribution in [0.2, 0.25) is 5.02 Å². The van der Waals surface area contributed by atoms with Crippen molar-refractivity contribution >= 4 is 28.3 Å². The molecule has 0 saturated carbocycles. The maximum Gasteiger partial charge on any atom is 0.456 e. The average Bonchev–Trinajstić information content (AvgIpc) is 2.93. The van der Waals surface area contributed by atoms with Gasteiger partial charge in [0.05, 0.1) is 21.5 Å². The Morgan fingerprint density at radius 1 is 1.11 bits per heavy atom. The zero-order valence-corrected chi connectivity index (χ0v) is 13.4. The van der Waals surface area contributed by atoms with Crippen molar-refractivity contribution in [3.63, 3.8) is 0 Å². The molecule has 142 valence electrons. The largest absolute Gasteiger partial charge is 0.456 e. The average molecular weight is 412 g/mol. The van der Waals surface area contributed by atoms with E-state index in [-0.39, 0.29) is 5.52 Å². The van der Waals surface area contributed by atoms with E-state index in [2.05, 4.69) is 10.1 Å². The number of carbonyl (C=O) groups excluding carboxylic acids is 1. The molecule has 0 unspecified atom stereocenters. The Morgan fingerprint density at radius 2 is 1.78 bits per heavy atom. The molecular formula is C15H5ClF7N3O. The Bertz CT molecular complexity index is 1060.